The summed E-state index contributed by atoms with van der Waals surface area (Å²) in [7, 11) is 0. The summed E-state index contributed by atoms with van der Waals surface area (Å²) in [6.07, 6.45) is 0. The number of nitriles is 1. The van der Waals surface area contributed by atoms with E-state index in [1.165, 1.54) is 0 Å². The Morgan fingerprint density at radius 1 is 1.23 bits per heavy atom. The lowest BCUT2D eigenvalue weighted by Gasteiger charge is -2.03. The molecule has 0 aliphatic heterocycles. The van der Waals surface area contributed by atoms with Crippen LogP contribution in [0.5, 0.6) is 0 Å². The molecule has 0 saturated heterocycles. The Bertz CT molecular complexity index is 404. The van der Waals surface area contributed by atoms with Gasteiger partial charge in [-0.15, -0.1) is 0 Å². The Kier molecular flexibility index (Phi) is 2.93. The van der Waals surface area contributed by atoms with E-state index < -0.39 is 0 Å². The van der Waals surface area contributed by atoms with Gasteiger partial charge in [-0.2, -0.15) is 5.26 Å². The van der Waals surface area contributed by atoms with Gasteiger partial charge in [0.15, 0.2) is 0 Å². The van der Waals surface area contributed by atoms with Gasteiger partial charge in [0.1, 0.15) is 17.4 Å². The summed E-state index contributed by atoms with van der Waals surface area (Å²) in [5.41, 5.74) is 1.46. The maximum atomic E-state index is 8.75. The van der Waals surface area contributed by atoms with E-state index in [0.717, 1.165) is 4.47 Å². The molecule has 0 amide bonds. The van der Waals surface area contributed by atoms with Crippen molar-refractivity contribution in [3.05, 3.63) is 22.2 Å². The van der Waals surface area contributed by atoms with Crippen LogP contribution in [-0.4, -0.2) is 13.4 Å². The van der Waals surface area contributed by atoms with Gasteiger partial charge in [-0.25, -0.2) is 0 Å². The van der Waals surface area contributed by atoms with Crippen molar-refractivity contribution < 1.29 is 0 Å². The molecule has 64 valence electrons. The molecule has 0 bridgehead atoms. The topological polar surface area (TPSA) is 48.5 Å². The number of hydrogen-bond acceptors (Lipinski definition) is 3. The number of nitrogens with zero attached hydrogens (tertiary/aromatic N) is 3. The highest BCUT2D eigenvalue weighted by Crippen LogP contribution is 2.37. The summed E-state index contributed by atoms with van der Waals surface area (Å²) in [4.78, 5) is 7.50. The molecule has 0 aliphatic carbocycles. The van der Waals surface area contributed by atoms with Crippen LogP contribution < -0.4 is 0 Å². The van der Waals surface area contributed by atoms with Crippen molar-refractivity contribution in [3.63, 3.8) is 0 Å². The van der Waals surface area contributed by atoms with E-state index in [-0.39, 0.29) is 0 Å². The predicted molar refractivity (Wildman–Crippen MR) is 57.3 cm³/mol. The summed E-state index contributed by atoms with van der Waals surface area (Å²) in [6, 6.07) is 5.39. The van der Waals surface area contributed by atoms with Gasteiger partial charge in [0.05, 0.1) is 5.56 Å². The van der Waals surface area contributed by atoms with Crippen molar-refractivity contribution in [2.24, 2.45) is 9.98 Å². The Morgan fingerprint density at radius 2 is 1.85 bits per heavy atom. The van der Waals surface area contributed by atoms with Crippen LogP contribution in [0.1, 0.15) is 5.56 Å². The lowest BCUT2D eigenvalue weighted by atomic mass is 10.1. The van der Waals surface area contributed by atoms with Gasteiger partial charge in [-0.1, -0.05) is 0 Å². The quantitative estimate of drug-likeness (QED) is 0.728. The largest absolute Gasteiger partial charge is 0.261 e. The van der Waals surface area contributed by atoms with Crippen LogP contribution in [0.2, 0.25) is 0 Å². The molecule has 0 radical (unpaired) electrons. The highest BCUT2D eigenvalue weighted by atomic mass is 79.9. The lowest BCUT2D eigenvalue weighted by molar-refractivity contribution is 1.40. The van der Waals surface area contributed by atoms with Crippen molar-refractivity contribution in [1.82, 2.24) is 0 Å². The van der Waals surface area contributed by atoms with E-state index in [1.54, 1.807) is 12.1 Å². The average Bonchev–Trinajstić information content (AvgIpc) is 2.17. The molecule has 0 aliphatic rings. The standard InChI is InChI=1S/C9H6BrN3/c1-12-8-6(5-11)3-4-7(10)9(8)13-2/h3-4H,1-2H2. The summed E-state index contributed by atoms with van der Waals surface area (Å²) in [5, 5.41) is 8.75. The highest BCUT2D eigenvalue weighted by Gasteiger charge is 2.08. The zero-order valence-electron chi connectivity index (χ0n) is 6.79. The minimum absolute atomic E-state index is 0.445. The van der Waals surface area contributed by atoms with Crippen LogP contribution in [0.15, 0.2) is 26.6 Å². The summed E-state index contributed by atoms with van der Waals surface area (Å²) >= 11 is 3.28. The van der Waals surface area contributed by atoms with Crippen LogP contribution in [0, 0.1) is 11.3 Å². The highest BCUT2D eigenvalue weighted by molar-refractivity contribution is 9.10. The zero-order valence-corrected chi connectivity index (χ0v) is 8.37. The van der Waals surface area contributed by atoms with Gasteiger partial charge in [0.25, 0.3) is 0 Å². The number of aliphatic imine (C=N–C) groups is 2. The normalized spacial score (nSPS) is 8.92. The first-order valence-electron chi connectivity index (χ1n) is 3.40. The maximum Gasteiger partial charge on any atom is 0.107 e. The molecule has 13 heavy (non-hydrogen) atoms. The molecule has 0 atom stereocenters. The van der Waals surface area contributed by atoms with Crippen molar-refractivity contribution in [1.29, 1.82) is 5.26 Å². The first kappa shape index (κ1) is 9.62. The van der Waals surface area contributed by atoms with E-state index in [1.807, 2.05) is 6.07 Å². The van der Waals surface area contributed by atoms with Crippen molar-refractivity contribution in [2.45, 2.75) is 0 Å². The van der Waals surface area contributed by atoms with E-state index in [9.17, 15) is 0 Å². The monoisotopic (exact) mass is 235 g/mol. The summed E-state index contributed by atoms with van der Waals surface area (Å²) in [5.74, 6) is 0. The first-order valence-corrected chi connectivity index (χ1v) is 4.20. The minimum atomic E-state index is 0.445. The van der Waals surface area contributed by atoms with Crippen molar-refractivity contribution in [3.8, 4) is 6.07 Å². The zero-order chi connectivity index (χ0) is 9.84. The first-order chi connectivity index (χ1) is 6.24. The molecule has 1 aromatic rings. The fourth-order valence-corrected chi connectivity index (χ4v) is 1.40. The van der Waals surface area contributed by atoms with Gasteiger partial charge >= 0.3 is 0 Å². The molecule has 0 aromatic heterocycles. The van der Waals surface area contributed by atoms with E-state index >= 15 is 0 Å². The predicted octanol–water partition coefficient (Wildman–Crippen LogP) is 2.98. The third-order valence-electron chi connectivity index (χ3n) is 1.54. The summed E-state index contributed by atoms with van der Waals surface area (Å²) in [6.45, 7) is 6.78. The van der Waals surface area contributed by atoms with Gasteiger partial charge in [0, 0.05) is 4.47 Å². The van der Waals surface area contributed by atoms with Gasteiger partial charge in [-0.05, 0) is 41.5 Å². The third-order valence-corrected chi connectivity index (χ3v) is 2.18. The third kappa shape index (κ3) is 1.65. The fraction of sp³-hybridized carbons (Fsp3) is 0. The van der Waals surface area contributed by atoms with Crippen LogP contribution >= 0.6 is 15.9 Å². The molecule has 1 rings (SSSR count). The van der Waals surface area contributed by atoms with Crippen molar-refractivity contribution in [2.75, 3.05) is 0 Å². The number of halogens is 1. The molecule has 3 nitrogen and oxygen atoms in total. The second-order valence-corrected chi connectivity index (χ2v) is 3.07. The molecule has 0 fully saturated rings. The van der Waals surface area contributed by atoms with E-state index in [4.69, 9.17) is 5.26 Å². The Morgan fingerprint density at radius 3 is 2.31 bits per heavy atom. The second kappa shape index (κ2) is 3.97. The Labute approximate surface area is 84.6 Å². The average molecular weight is 236 g/mol. The molecular formula is C9H6BrN3. The number of rotatable bonds is 2. The lowest BCUT2D eigenvalue weighted by Crippen LogP contribution is -1.78. The second-order valence-electron chi connectivity index (χ2n) is 2.22. The smallest absolute Gasteiger partial charge is 0.107 e. The van der Waals surface area contributed by atoms with E-state index in [0.29, 0.717) is 16.9 Å². The maximum absolute atomic E-state index is 8.75. The molecule has 1 aromatic carbocycles. The van der Waals surface area contributed by atoms with Crippen LogP contribution in [0.3, 0.4) is 0 Å². The fourth-order valence-electron chi connectivity index (χ4n) is 0.956. The summed E-state index contributed by atoms with van der Waals surface area (Å²) < 4.78 is 0.754. The molecule has 0 heterocycles. The molecular weight excluding hydrogens is 230 g/mol. The SMILES string of the molecule is C=Nc1c(Br)ccc(C#N)c1N=C. The van der Waals surface area contributed by atoms with Crippen LogP contribution in [-0.2, 0) is 0 Å². The minimum Gasteiger partial charge on any atom is -0.261 e. The number of benzene rings is 1. The Hall–Kier alpha value is -1.47. The van der Waals surface area contributed by atoms with Gasteiger partial charge < -0.3 is 0 Å². The molecule has 0 N–H and O–H groups in total. The van der Waals surface area contributed by atoms with Crippen LogP contribution in [0.4, 0.5) is 11.4 Å². The molecule has 4 heteroatoms. The molecule has 0 unspecified atom stereocenters. The van der Waals surface area contributed by atoms with Crippen LogP contribution in [0.25, 0.3) is 0 Å². The van der Waals surface area contributed by atoms with Gasteiger partial charge in [0.2, 0.25) is 0 Å². The van der Waals surface area contributed by atoms with E-state index in [2.05, 4.69) is 39.3 Å². The number of hydrogen-bond donors (Lipinski definition) is 0. The molecule has 0 saturated carbocycles. The van der Waals surface area contributed by atoms with Crippen molar-refractivity contribution >= 4 is 40.7 Å². The van der Waals surface area contributed by atoms with Gasteiger partial charge in [-0.3, -0.25) is 9.98 Å². The molecule has 0 spiro atoms. The Balaban J connectivity index is 3.56.